The van der Waals surface area contributed by atoms with E-state index in [9.17, 15) is 4.79 Å². The fourth-order valence-corrected chi connectivity index (χ4v) is 2.00. The Labute approximate surface area is 131 Å². The Morgan fingerprint density at radius 1 is 1.05 bits per heavy atom. The first-order chi connectivity index (χ1) is 10.8. The third kappa shape index (κ3) is 5.22. The van der Waals surface area contributed by atoms with Gasteiger partial charge in [-0.3, -0.25) is 4.79 Å². The van der Waals surface area contributed by atoms with Crippen LogP contribution in [0.15, 0.2) is 54.6 Å². The van der Waals surface area contributed by atoms with Crippen molar-refractivity contribution in [2.24, 2.45) is 0 Å². The molecular formula is C18H22N2O2. The molecule has 2 rings (SSSR count). The number of carbonyl (C=O) groups excluding carboxylic acids is 1. The molecule has 4 heteroatoms. The first-order valence-corrected chi connectivity index (χ1v) is 7.56. The zero-order valence-corrected chi connectivity index (χ0v) is 12.8. The van der Waals surface area contributed by atoms with Crippen LogP contribution in [-0.4, -0.2) is 19.0 Å². The Balaban J connectivity index is 1.93. The Hall–Kier alpha value is -2.33. The number of carbonyl (C=O) groups is 1. The maximum absolute atomic E-state index is 11.9. The number of anilines is 1. The second-order valence-electron chi connectivity index (χ2n) is 5.00. The van der Waals surface area contributed by atoms with Crippen LogP contribution < -0.4 is 15.4 Å². The summed E-state index contributed by atoms with van der Waals surface area (Å²) in [6, 6.07) is 17.4. The molecular weight excluding hydrogens is 276 g/mol. The first-order valence-electron chi connectivity index (χ1n) is 7.56. The summed E-state index contributed by atoms with van der Waals surface area (Å²) >= 11 is 0. The molecule has 22 heavy (non-hydrogen) atoms. The molecule has 0 fully saturated rings. The van der Waals surface area contributed by atoms with Crippen LogP contribution in [0, 0.1) is 0 Å². The standard InChI is InChI=1S/C18H22N2O2/c1-2-12-19-13-18(21)20-16-10-6-7-11-17(16)22-14-15-8-4-3-5-9-15/h3-11,19H,2,12-14H2,1H3,(H,20,21). The summed E-state index contributed by atoms with van der Waals surface area (Å²) in [6.07, 6.45) is 1.00. The van der Waals surface area contributed by atoms with Crippen LogP contribution in [0.25, 0.3) is 0 Å². The highest BCUT2D eigenvalue weighted by atomic mass is 16.5. The number of ether oxygens (including phenoxy) is 1. The molecule has 116 valence electrons. The van der Waals surface area contributed by atoms with E-state index in [4.69, 9.17) is 4.74 Å². The van der Waals surface area contributed by atoms with Crippen molar-refractivity contribution in [1.29, 1.82) is 0 Å². The Morgan fingerprint density at radius 3 is 2.55 bits per heavy atom. The van der Waals surface area contributed by atoms with Gasteiger partial charge in [0.25, 0.3) is 0 Å². The normalized spacial score (nSPS) is 10.2. The van der Waals surface area contributed by atoms with E-state index in [0.717, 1.165) is 18.5 Å². The number of hydrogen-bond acceptors (Lipinski definition) is 3. The van der Waals surface area contributed by atoms with Gasteiger partial charge in [0.1, 0.15) is 12.4 Å². The summed E-state index contributed by atoms with van der Waals surface area (Å²) in [5.41, 5.74) is 1.79. The highest BCUT2D eigenvalue weighted by Gasteiger charge is 2.07. The first kappa shape index (κ1) is 16.0. The van der Waals surface area contributed by atoms with Gasteiger partial charge in [-0.15, -0.1) is 0 Å². The van der Waals surface area contributed by atoms with Crippen molar-refractivity contribution in [2.45, 2.75) is 20.0 Å². The summed E-state index contributed by atoms with van der Waals surface area (Å²) in [4.78, 5) is 11.9. The molecule has 0 unspecified atom stereocenters. The van der Waals surface area contributed by atoms with Gasteiger partial charge in [0.15, 0.2) is 0 Å². The van der Waals surface area contributed by atoms with Crippen LogP contribution in [0.4, 0.5) is 5.69 Å². The van der Waals surface area contributed by atoms with Crippen LogP contribution >= 0.6 is 0 Å². The maximum Gasteiger partial charge on any atom is 0.238 e. The van der Waals surface area contributed by atoms with Gasteiger partial charge in [-0.05, 0) is 30.7 Å². The lowest BCUT2D eigenvalue weighted by Gasteiger charge is -2.12. The van der Waals surface area contributed by atoms with Gasteiger partial charge in [-0.1, -0.05) is 49.4 Å². The number of rotatable bonds is 8. The Bertz CT molecular complexity index is 585. The van der Waals surface area contributed by atoms with E-state index < -0.39 is 0 Å². The average Bonchev–Trinajstić information content (AvgIpc) is 2.55. The van der Waals surface area contributed by atoms with Crippen molar-refractivity contribution in [1.82, 2.24) is 5.32 Å². The van der Waals surface area contributed by atoms with E-state index in [0.29, 0.717) is 24.6 Å². The summed E-state index contributed by atoms with van der Waals surface area (Å²) in [5, 5.41) is 5.96. The summed E-state index contributed by atoms with van der Waals surface area (Å²) in [7, 11) is 0. The third-order valence-corrected chi connectivity index (χ3v) is 3.11. The Kier molecular flexibility index (Phi) is 6.45. The summed E-state index contributed by atoms with van der Waals surface area (Å²) in [6.45, 7) is 3.68. The van der Waals surface area contributed by atoms with Crippen LogP contribution in [0.5, 0.6) is 5.75 Å². The number of amides is 1. The molecule has 0 aliphatic rings. The van der Waals surface area contributed by atoms with Gasteiger partial charge in [-0.25, -0.2) is 0 Å². The van der Waals surface area contributed by atoms with Crippen LogP contribution in [0.2, 0.25) is 0 Å². The van der Waals surface area contributed by atoms with Gasteiger partial charge in [0, 0.05) is 0 Å². The quantitative estimate of drug-likeness (QED) is 0.736. The molecule has 2 N–H and O–H groups in total. The highest BCUT2D eigenvalue weighted by molar-refractivity contribution is 5.93. The monoisotopic (exact) mass is 298 g/mol. The Morgan fingerprint density at radius 2 is 1.77 bits per heavy atom. The van der Waals surface area contributed by atoms with E-state index >= 15 is 0 Å². The van der Waals surface area contributed by atoms with E-state index in [1.165, 1.54) is 0 Å². The molecule has 2 aromatic carbocycles. The van der Waals surface area contributed by atoms with Crippen LogP contribution in [0.3, 0.4) is 0 Å². The number of hydrogen-bond donors (Lipinski definition) is 2. The predicted octanol–water partition coefficient (Wildman–Crippen LogP) is 3.20. The summed E-state index contributed by atoms with van der Waals surface area (Å²) in [5.74, 6) is 0.611. The molecule has 0 atom stereocenters. The van der Waals surface area contributed by atoms with Gasteiger partial charge in [0.05, 0.1) is 12.2 Å². The van der Waals surface area contributed by atoms with Crippen molar-refractivity contribution in [2.75, 3.05) is 18.4 Å². The average molecular weight is 298 g/mol. The fraction of sp³-hybridized carbons (Fsp3) is 0.278. The van der Waals surface area contributed by atoms with Crippen molar-refractivity contribution in [3.8, 4) is 5.75 Å². The molecule has 0 aromatic heterocycles. The SMILES string of the molecule is CCCNCC(=O)Nc1ccccc1OCc1ccccc1. The lowest BCUT2D eigenvalue weighted by molar-refractivity contribution is -0.115. The van der Waals surface area contributed by atoms with Gasteiger partial charge < -0.3 is 15.4 Å². The maximum atomic E-state index is 11.9. The largest absolute Gasteiger partial charge is 0.487 e. The second-order valence-corrected chi connectivity index (χ2v) is 5.00. The second kappa shape index (κ2) is 8.85. The van der Waals surface area contributed by atoms with Crippen molar-refractivity contribution in [3.63, 3.8) is 0 Å². The predicted molar refractivity (Wildman–Crippen MR) is 89.0 cm³/mol. The number of para-hydroxylation sites is 2. The van der Waals surface area contributed by atoms with E-state index in [1.807, 2.05) is 54.6 Å². The minimum absolute atomic E-state index is 0.0655. The summed E-state index contributed by atoms with van der Waals surface area (Å²) < 4.78 is 5.81. The number of nitrogens with one attached hydrogen (secondary N) is 2. The van der Waals surface area contributed by atoms with E-state index in [1.54, 1.807) is 0 Å². The molecule has 1 amide bonds. The van der Waals surface area contributed by atoms with Crippen LogP contribution in [-0.2, 0) is 11.4 Å². The van der Waals surface area contributed by atoms with Crippen molar-refractivity contribution < 1.29 is 9.53 Å². The minimum Gasteiger partial charge on any atom is -0.487 e. The fourth-order valence-electron chi connectivity index (χ4n) is 2.00. The third-order valence-electron chi connectivity index (χ3n) is 3.11. The number of benzene rings is 2. The van der Waals surface area contributed by atoms with E-state index in [-0.39, 0.29) is 5.91 Å². The molecule has 4 nitrogen and oxygen atoms in total. The lowest BCUT2D eigenvalue weighted by Crippen LogP contribution is -2.28. The molecule has 0 heterocycles. The van der Waals surface area contributed by atoms with E-state index in [2.05, 4.69) is 17.6 Å². The zero-order valence-electron chi connectivity index (χ0n) is 12.8. The minimum atomic E-state index is -0.0655. The van der Waals surface area contributed by atoms with Gasteiger partial charge in [-0.2, -0.15) is 0 Å². The molecule has 0 saturated carbocycles. The molecule has 0 saturated heterocycles. The van der Waals surface area contributed by atoms with Crippen molar-refractivity contribution >= 4 is 11.6 Å². The zero-order chi connectivity index (χ0) is 15.6. The van der Waals surface area contributed by atoms with Crippen LogP contribution in [0.1, 0.15) is 18.9 Å². The topological polar surface area (TPSA) is 50.4 Å². The molecule has 2 aromatic rings. The molecule has 0 aliphatic heterocycles. The highest BCUT2D eigenvalue weighted by Crippen LogP contribution is 2.24. The molecule has 0 bridgehead atoms. The smallest absolute Gasteiger partial charge is 0.238 e. The molecule has 0 spiro atoms. The van der Waals surface area contributed by atoms with Gasteiger partial charge >= 0.3 is 0 Å². The van der Waals surface area contributed by atoms with Gasteiger partial charge in [0.2, 0.25) is 5.91 Å². The molecule has 0 radical (unpaired) electrons. The van der Waals surface area contributed by atoms with Crippen molar-refractivity contribution in [3.05, 3.63) is 60.2 Å². The lowest BCUT2D eigenvalue weighted by atomic mass is 10.2. The molecule has 0 aliphatic carbocycles.